The summed E-state index contributed by atoms with van der Waals surface area (Å²) >= 11 is 0. The Morgan fingerprint density at radius 3 is 2.30 bits per heavy atom. The number of nitrogens with two attached hydrogens (primary N) is 1. The zero-order valence-corrected chi connectivity index (χ0v) is 17.7. The molecule has 0 amide bonds. The Balaban J connectivity index is 1.49. The first-order valence-corrected chi connectivity index (χ1v) is 10.8. The summed E-state index contributed by atoms with van der Waals surface area (Å²) in [7, 11) is 4.25. The quantitative estimate of drug-likeness (QED) is 0.699. The Morgan fingerprint density at radius 2 is 1.57 bits per heavy atom. The number of piperidine rings is 1. The first-order chi connectivity index (χ1) is 14.6. The number of rotatable bonds is 5. The van der Waals surface area contributed by atoms with Crippen LogP contribution in [0.25, 0.3) is 10.8 Å². The molecule has 1 aliphatic heterocycles. The molecule has 1 aromatic heterocycles. The monoisotopic (exact) mass is 403 g/mol. The summed E-state index contributed by atoms with van der Waals surface area (Å²) in [5.41, 5.74) is 7.26. The lowest BCUT2D eigenvalue weighted by atomic mass is 10.0. The van der Waals surface area contributed by atoms with Gasteiger partial charge in [0, 0.05) is 24.8 Å². The lowest BCUT2D eigenvalue weighted by molar-refractivity contribution is 0.252. The smallest absolute Gasteiger partial charge is 0.236 e. The average molecular weight is 404 g/mol. The fourth-order valence-corrected chi connectivity index (χ4v) is 4.33. The predicted molar refractivity (Wildman–Crippen MR) is 122 cm³/mol. The van der Waals surface area contributed by atoms with E-state index >= 15 is 0 Å². The van der Waals surface area contributed by atoms with Crippen LogP contribution in [0.3, 0.4) is 0 Å². The van der Waals surface area contributed by atoms with Gasteiger partial charge in [-0.2, -0.15) is 15.0 Å². The fourth-order valence-electron chi connectivity index (χ4n) is 4.33. The average Bonchev–Trinajstić information content (AvgIpc) is 3.58. The molecule has 0 atom stereocenters. The first kappa shape index (κ1) is 19.1. The Kier molecular flexibility index (Phi) is 4.90. The number of fused-ring (bicyclic) bond motifs is 1. The van der Waals surface area contributed by atoms with Gasteiger partial charge in [-0.3, -0.25) is 0 Å². The molecule has 30 heavy (non-hydrogen) atoms. The van der Waals surface area contributed by atoms with Crippen LogP contribution in [0.1, 0.15) is 25.7 Å². The van der Waals surface area contributed by atoms with Gasteiger partial charge in [-0.25, -0.2) is 0 Å². The topological polar surface area (TPSA) is 74.4 Å². The van der Waals surface area contributed by atoms with Gasteiger partial charge in [-0.15, -0.1) is 0 Å². The minimum atomic E-state index is 0.279. The van der Waals surface area contributed by atoms with Gasteiger partial charge in [-0.05, 0) is 68.7 Å². The summed E-state index contributed by atoms with van der Waals surface area (Å²) in [4.78, 5) is 20.7. The summed E-state index contributed by atoms with van der Waals surface area (Å²) in [6, 6.07) is 15.8. The van der Waals surface area contributed by atoms with E-state index in [0.717, 1.165) is 44.5 Å². The van der Waals surface area contributed by atoms with Crippen LogP contribution in [0.15, 0.2) is 42.5 Å². The summed E-state index contributed by atoms with van der Waals surface area (Å²) in [5.74, 6) is 1.59. The van der Waals surface area contributed by atoms with E-state index < -0.39 is 0 Å². The lowest BCUT2D eigenvalue weighted by Crippen LogP contribution is -2.42. The van der Waals surface area contributed by atoms with Crippen LogP contribution in [-0.2, 0) is 0 Å². The summed E-state index contributed by atoms with van der Waals surface area (Å²) in [6.45, 7) is 2.18. The molecule has 2 aliphatic rings. The molecule has 0 spiro atoms. The molecule has 7 heteroatoms. The Morgan fingerprint density at radius 1 is 0.867 bits per heavy atom. The Hall–Kier alpha value is -2.93. The molecule has 2 heterocycles. The molecular weight excluding hydrogens is 374 g/mol. The molecule has 1 saturated carbocycles. The van der Waals surface area contributed by atoms with Gasteiger partial charge < -0.3 is 20.4 Å². The normalized spacial score (nSPS) is 17.9. The molecule has 1 saturated heterocycles. The van der Waals surface area contributed by atoms with Crippen LogP contribution >= 0.6 is 0 Å². The fraction of sp³-hybridized carbons (Fsp3) is 0.435. The highest BCUT2D eigenvalue weighted by Crippen LogP contribution is 2.38. The van der Waals surface area contributed by atoms with Crippen molar-refractivity contribution in [1.29, 1.82) is 0 Å². The third-order valence-corrected chi connectivity index (χ3v) is 6.32. The van der Waals surface area contributed by atoms with Crippen LogP contribution in [0.2, 0.25) is 0 Å². The zero-order chi connectivity index (χ0) is 20.7. The molecule has 3 aromatic rings. The van der Waals surface area contributed by atoms with Crippen molar-refractivity contribution in [2.24, 2.45) is 0 Å². The lowest BCUT2D eigenvalue weighted by Gasteiger charge is -2.35. The van der Waals surface area contributed by atoms with Crippen molar-refractivity contribution in [2.45, 2.75) is 37.8 Å². The van der Waals surface area contributed by atoms with E-state index in [0.29, 0.717) is 24.0 Å². The highest BCUT2D eigenvalue weighted by Gasteiger charge is 2.33. The van der Waals surface area contributed by atoms with E-state index in [4.69, 9.17) is 10.7 Å². The molecule has 0 unspecified atom stereocenters. The summed E-state index contributed by atoms with van der Waals surface area (Å²) in [6.07, 6.45) is 4.48. The van der Waals surface area contributed by atoms with Crippen LogP contribution in [0, 0.1) is 0 Å². The number of likely N-dealkylation sites (tertiary alicyclic amines) is 1. The second-order valence-electron chi connectivity index (χ2n) is 8.57. The molecule has 156 valence electrons. The maximum atomic E-state index is 6.15. The maximum Gasteiger partial charge on any atom is 0.236 e. The van der Waals surface area contributed by atoms with Crippen LogP contribution in [0.5, 0.6) is 0 Å². The van der Waals surface area contributed by atoms with Gasteiger partial charge in [0.1, 0.15) is 0 Å². The van der Waals surface area contributed by atoms with Crippen molar-refractivity contribution in [3.05, 3.63) is 42.5 Å². The number of anilines is 4. The van der Waals surface area contributed by atoms with E-state index in [2.05, 4.69) is 81.2 Å². The van der Waals surface area contributed by atoms with Gasteiger partial charge in [0.25, 0.3) is 0 Å². The molecule has 2 aromatic carbocycles. The first-order valence-electron chi connectivity index (χ1n) is 10.8. The van der Waals surface area contributed by atoms with Gasteiger partial charge in [0.15, 0.2) is 0 Å². The van der Waals surface area contributed by atoms with E-state index in [1.165, 1.54) is 10.8 Å². The maximum absolute atomic E-state index is 6.15. The number of benzene rings is 2. The third-order valence-electron chi connectivity index (χ3n) is 6.32. The minimum Gasteiger partial charge on any atom is -0.368 e. The molecule has 2 fully saturated rings. The SMILES string of the molecule is CN1CCC(N(C)c2nc(N)nc(N(c3ccc4ccccc4c3)C3CC3)n2)CC1. The number of hydrogen-bond donors (Lipinski definition) is 1. The number of nitrogens with zero attached hydrogens (tertiary/aromatic N) is 6. The van der Waals surface area contributed by atoms with E-state index in [9.17, 15) is 0 Å². The van der Waals surface area contributed by atoms with Crippen LogP contribution < -0.4 is 15.5 Å². The second-order valence-corrected chi connectivity index (χ2v) is 8.57. The van der Waals surface area contributed by atoms with E-state index in [1.54, 1.807) is 0 Å². The largest absolute Gasteiger partial charge is 0.368 e. The van der Waals surface area contributed by atoms with Gasteiger partial charge in [0.2, 0.25) is 17.8 Å². The highest BCUT2D eigenvalue weighted by molar-refractivity contribution is 5.86. The number of hydrogen-bond acceptors (Lipinski definition) is 7. The van der Waals surface area contributed by atoms with Crippen molar-refractivity contribution >= 4 is 34.3 Å². The highest BCUT2D eigenvalue weighted by atomic mass is 15.4. The number of nitrogen functional groups attached to an aromatic ring is 1. The summed E-state index contributed by atoms with van der Waals surface area (Å²) in [5, 5.41) is 2.45. The number of aromatic nitrogens is 3. The molecular formula is C23H29N7. The predicted octanol–water partition coefficient (Wildman–Crippen LogP) is 3.44. The molecule has 5 rings (SSSR count). The van der Waals surface area contributed by atoms with Crippen LogP contribution in [-0.4, -0.2) is 59.1 Å². The van der Waals surface area contributed by atoms with Gasteiger partial charge >= 0.3 is 0 Å². The third kappa shape index (κ3) is 3.77. The minimum absolute atomic E-state index is 0.279. The van der Waals surface area contributed by atoms with Crippen LogP contribution in [0.4, 0.5) is 23.5 Å². The van der Waals surface area contributed by atoms with Gasteiger partial charge in [-0.1, -0.05) is 30.3 Å². The molecule has 0 bridgehead atoms. The van der Waals surface area contributed by atoms with Crippen molar-refractivity contribution in [3.63, 3.8) is 0 Å². The van der Waals surface area contributed by atoms with E-state index in [1.807, 2.05) is 0 Å². The van der Waals surface area contributed by atoms with E-state index in [-0.39, 0.29) is 5.95 Å². The van der Waals surface area contributed by atoms with Crippen molar-refractivity contribution in [1.82, 2.24) is 19.9 Å². The molecule has 1 aliphatic carbocycles. The molecule has 7 nitrogen and oxygen atoms in total. The standard InChI is InChI=1S/C23H29N7/c1-28-13-11-18(12-14-28)29(2)22-25-21(24)26-23(27-22)30(19-9-10-19)20-8-7-16-5-3-4-6-17(16)15-20/h3-8,15,18-19H,9-14H2,1-2H3,(H2,24,25,26,27). The van der Waals surface area contributed by atoms with Crippen molar-refractivity contribution < 1.29 is 0 Å². The molecule has 0 radical (unpaired) electrons. The van der Waals surface area contributed by atoms with Crippen molar-refractivity contribution in [2.75, 3.05) is 42.7 Å². The Bertz CT molecular complexity index is 1040. The summed E-state index contributed by atoms with van der Waals surface area (Å²) < 4.78 is 0. The zero-order valence-electron chi connectivity index (χ0n) is 17.7. The molecule has 2 N–H and O–H groups in total. The van der Waals surface area contributed by atoms with Crippen molar-refractivity contribution in [3.8, 4) is 0 Å². The second kappa shape index (κ2) is 7.72. The Labute approximate surface area is 177 Å². The van der Waals surface area contributed by atoms with Gasteiger partial charge in [0.05, 0.1) is 0 Å².